The molecule has 0 spiro atoms. The van der Waals surface area contributed by atoms with Crippen molar-refractivity contribution in [3.05, 3.63) is 36.5 Å². The van der Waals surface area contributed by atoms with Crippen LogP contribution in [0.5, 0.6) is 0 Å². The van der Waals surface area contributed by atoms with E-state index in [4.69, 9.17) is 18.0 Å². The van der Waals surface area contributed by atoms with E-state index in [9.17, 15) is 4.79 Å². The van der Waals surface area contributed by atoms with E-state index in [0.717, 1.165) is 32.1 Å². The highest BCUT2D eigenvalue weighted by atomic mass is 28.4. The van der Waals surface area contributed by atoms with Gasteiger partial charge in [-0.2, -0.15) is 0 Å². The fourth-order valence-electron chi connectivity index (χ4n) is 3.88. The normalized spacial score (nSPS) is 16.0. The van der Waals surface area contributed by atoms with Crippen LogP contribution in [0, 0.1) is 0 Å². The molecule has 0 saturated carbocycles. The third-order valence-corrected chi connectivity index (χ3v) is 8.40. The van der Waals surface area contributed by atoms with Crippen LogP contribution in [0.25, 0.3) is 0 Å². The first-order valence-corrected chi connectivity index (χ1v) is 24.9. The Bertz CT molecular complexity index is 715. The van der Waals surface area contributed by atoms with Crippen LogP contribution in [0.4, 0.5) is 0 Å². The van der Waals surface area contributed by atoms with Crippen molar-refractivity contribution in [1.29, 1.82) is 0 Å². The average molecular weight is 585 g/mol. The molecule has 5 nitrogen and oxygen atoms in total. The van der Waals surface area contributed by atoms with Crippen molar-refractivity contribution >= 4 is 30.9 Å². The Morgan fingerprint density at radius 3 is 1.76 bits per heavy atom. The molecule has 0 aromatic carbocycles. The van der Waals surface area contributed by atoms with Crippen LogP contribution in [0.15, 0.2) is 36.5 Å². The number of allylic oxidation sites excluding steroid dienone is 2. The molecule has 0 heterocycles. The second-order valence-electron chi connectivity index (χ2n) is 13.0. The van der Waals surface area contributed by atoms with Crippen molar-refractivity contribution in [2.45, 2.75) is 142 Å². The molecule has 0 aliphatic carbocycles. The average Bonchev–Trinajstić information content (AvgIpc) is 2.77. The number of hydrogen-bond donors (Lipinski definition) is 0. The molecule has 38 heavy (non-hydrogen) atoms. The van der Waals surface area contributed by atoms with Gasteiger partial charge in [-0.25, -0.2) is 0 Å². The Kier molecular flexibility index (Phi) is 18.9. The molecule has 0 aliphatic rings. The summed E-state index contributed by atoms with van der Waals surface area (Å²) < 4.78 is 24.7. The lowest BCUT2D eigenvalue weighted by atomic mass is 10.1. The summed E-state index contributed by atoms with van der Waals surface area (Å²) in [5.41, 5.74) is 0. The predicted octanol–water partition coefficient (Wildman–Crippen LogP) is 9.02. The van der Waals surface area contributed by atoms with Crippen LogP contribution in [0.1, 0.15) is 64.7 Å². The Balaban J connectivity index is 5.69. The Labute approximate surface area is 238 Å². The summed E-state index contributed by atoms with van der Waals surface area (Å²) >= 11 is 0. The number of esters is 1. The summed E-state index contributed by atoms with van der Waals surface area (Å²) in [5.74, 6) is -0.155. The van der Waals surface area contributed by atoms with Gasteiger partial charge in [-0.05, 0) is 97.4 Å². The molecule has 0 amide bonds. The van der Waals surface area contributed by atoms with E-state index >= 15 is 0 Å². The van der Waals surface area contributed by atoms with Crippen LogP contribution in [0.2, 0.25) is 58.9 Å². The summed E-state index contributed by atoms with van der Waals surface area (Å²) in [5, 5.41) is 0. The number of methoxy groups -OCH3 is 1. The lowest BCUT2D eigenvalue weighted by Gasteiger charge is -2.35. The summed E-state index contributed by atoms with van der Waals surface area (Å²) in [6.07, 6.45) is 21.9. The maximum absolute atomic E-state index is 11.4. The standard InChI is InChI=1S/C30H60O5Si3/c1-12-13-14-15-16-19-22-27(33-36(3,4)5)25-26-29(35-38(9,10)11)28(34-37(6,7)8)23-20-17-18-21-24-30(31)32-2/h16-17,19-20,25-29H,12-15,18,21-24H2,1-11H3/b19-16+,20-17+,26-25+. The number of carbonyl (C=O) groups excluding carboxylic acids is 1. The fourth-order valence-corrected chi connectivity index (χ4v) is 7.15. The SMILES string of the molecule is CCCCC/C=C/CC(/C=C/C(O[Si](C)(C)C)C(C/C=C/CCCC(=O)OC)O[Si](C)(C)C)O[Si](C)(C)C. The monoisotopic (exact) mass is 584 g/mol. The molecule has 3 unspecified atom stereocenters. The van der Waals surface area contributed by atoms with Gasteiger partial charge in [-0.3, -0.25) is 4.79 Å². The zero-order valence-corrected chi connectivity index (χ0v) is 29.6. The fraction of sp³-hybridized carbons (Fsp3) is 0.767. The van der Waals surface area contributed by atoms with E-state index in [1.54, 1.807) is 0 Å². The van der Waals surface area contributed by atoms with Crippen molar-refractivity contribution in [2.75, 3.05) is 7.11 Å². The summed E-state index contributed by atoms with van der Waals surface area (Å²) in [4.78, 5) is 11.4. The molecule has 3 atom stereocenters. The van der Waals surface area contributed by atoms with Gasteiger partial charge in [0, 0.05) is 6.42 Å². The Morgan fingerprint density at radius 2 is 1.24 bits per heavy atom. The van der Waals surface area contributed by atoms with Gasteiger partial charge >= 0.3 is 5.97 Å². The third kappa shape index (κ3) is 23.1. The maximum Gasteiger partial charge on any atom is 0.305 e. The molecular formula is C30H60O5Si3. The quantitative estimate of drug-likeness (QED) is 0.0583. The smallest absolute Gasteiger partial charge is 0.305 e. The maximum atomic E-state index is 11.4. The summed E-state index contributed by atoms with van der Waals surface area (Å²) in [6, 6.07) is 0. The minimum absolute atomic E-state index is 0.0400. The van der Waals surface area contributed by atoms with Crippen LogP contribution in [-0.2, 0) is 22.8 Å². The van der Waals surface area contributed by atoms with E-state index in [1.807, 2.05) is 0 Å². The van der Waals surface area contributed by atoms with Gasteiger partial charge in [0.2, 0.25) is 0 Å². The summed E-state index contributed by atoms with van der Waals surface area (Å²) in [6.45, 7) is 22.4. The first kappa shape index (κ1) is 37.2. The third-order valence-electron chi connectivity index (χ3n) is 5.41. The molecule has 0 N–H and O–H groups in total. The van der Waals surface area contributed by atoms with E-state index in [2.05, 4.69) is 102 Å². The summed E-state index contributed by atoms with van der Waals surface area (Å²) in [7, 11) is -3.93. The van der Waals surface area contributed by atoms with Gasteiger partial charge in [0.05, 0.1) is 25.4 Å². The van der Waals surface area contributed by atoms with Crippen LogP contribution in [-0.4, -0.2) is 56.3 Å². The van der Waals surface area contributed by atoms with E-state index < -0.39 is 25.0 Å². The lowest BCUT2D eigenvalue weighted by molar-refractivity contribution is -0.140. The van der Waals surface area contributed by atoms with Crippen molar-refractivity contribution < 1.29 is 22.8 Å². The first-order valence-electron chi connectivity index (χ1n) is 14.6. The highest BCUT2D eigenvalue weighted by Crippen LogP contribution is 2.22. The van der Waals surface area contributed by atoms with Crippen molar-refractivity contribution in [2.24, 2.45) is 0 Å². The van der Waals surface area contributed by atoms with E-state index in [-0.39, 0.29) is 24.3 Å². The van der Waals surface area contributed by atoms with Gasteiger partial charge in [0.15, 0.2) is 25.0 Å². The molecule has 0 aromatic rings. The van der Waals surface area contributed by atoms with Crippen molar-refractivity contribution in [3.63, 3.8) is 0 Å². The number of hydrogen-bond acceptors (Lipinski definition) is 5. The first-order chi connectivity index (χ1) is 17.6. The van der Waals surface area contributed by atoms with E-state index in [1.165, 1.54) is 26.4 Å². The number of unbranched alkanes of at least 4 members (excludes halogenated alkanes) is 4. The minimum Gasteiger partial charge on any atom is -0.469 e. The minimum atomic E-state index is -1.84. The highest BCUT2D eigenvalue weighted by Gasteiger charge is 2.30. The molecule has 0 rings (SSSR count). The lowest BCUT2D eigenvalue weighted by Crippen LogP contribution is -2.43. The molecular weight excluding hydrogens is 525 g/mol. The van der Waals surface area contributed by atoms with Gasteiger partial charge in [0.25, 0.3) is 0 Å². The zero-order valence-electron chi connectivity index (χ0n) is 26.6. The van der Waals surface area contributed by atoms with Crippen LogP contribution < -0.4 is 0 Å². The topological polar surface area (TPSA) is 54.0 Å². The second-order valence-corrected chi connectivity index (χ2v) is 26.4. The van der Waals surface area contributed by atoms with Gasteiger partial charge in [-0.15, -0.1) is 0 Å². The molecule has 0 aliphatic heterocycles. The largest absolute Gasteiger partial charge is 0.469 e. The Hall–Kier alpha value is -0.779. The molecule has 0 fully saturated rings. The molecule has 0 saturated heterocycles. The molecule has 0 aromatic heterocycles. The number of ether oxygens (including phenoxy) is 1. The second kappa shape index (κ2) is 19.3. The molecule has 0 radical (unpaired) electrons. The predicted molar refractivity (Wildman–Crippen MR) is 171 cm³/mol. The Morgan fingerprint density at radius 1 is 0.684 bits per heavy atom. The molecule has 222 valence electrons. The number of rotatable bonds is 21. The zero-order chi connectivity index (χ0) is 29.2. The molecule has 8 heteroatoms. The van der Waals surface area contributed by atoms with Crippen molar-refractivity contribution in [1.82, 2.24) is 0 Å². The van der Waals surface area contributed by atoms with Crippen molar-refractivity contribution in [3.8, 4) is 0 Å². The van der Waals surface area contributed by atoms with Gasteiger partial charge in [0.1, 0.15) is 0 Å². The highest BCUT2D eigenvalue weighted by molar-refractivity contribution is 6.70. The van der Waals surface area contributed by atoms with Crippen LogP contribution in [0.3, 0.4) is 0 Å². The van der Waals surface area contributed by atoms with E-state index in [0.29, 0.717) is 6.42 Å². The van der Waals surface area contributed by atoms with Crippen LogP contribution >= 0.6 is 0 Å². The molecule has 0 bridgehead atoms. The number of carbonyl (C=O) groups is 1. The van der Waals surface area contributed by atoms with Gasteiger partial charge < -0.3 is 18.0 Å². The van der Waals surface area contributed by atoms with Gasteiger partial charge in [-0.1, -0.05) is 56.2 Å².